The van der Waals surface area contributed by atoms with Crippen molar-refractivity contribution in [1.29, 1.82) is 0 Å². The van der Waals surface area contributed by atoms with Crippen molar-refractivity contribution in [2.75, 3.05) is 17.3 Å². The second kappa shape index (κ2) is 11.3. The van der Waals surface area contributed by atoms with Crippen LogP contribution >= 0.6 is 12.2 Å². The van der Waals surface area contributed by atoms with Gasteiger partial charge in [-0.25, -0.2) is 0 Å². The van der Waals surface area contributed by atoms with E-state index in [9.17, 15) is 4.79 Å². The predicted molar refractivity (Wildman–Crippen MR) is 166 cm³/mol. The van der Waals surface area contributed by atoms with Gasteiger partial charge in [-0.05, 0) is 79.7 Å². The fourth-order valence-electron chi connectivity index (χ4n) is 5.23. The van der Waals surface area contributed by atoms with Gasteiger partial charge in [0.25, 0.3) is 0 Å². The molecule has 2 atom stereocenters. The Hall–Kier alpha value is -4.24. The number of benzene rings is 1. The molecule has 0 spiro atoms. The normalized spacial score (nSPS) is 16.9. The van der Waals surface area contributed by atoms with Crippen molar-refractivity contribution >= 4 is 34.6 Å². The van der Waals surface area contributed by atoms with Gasteiger partial charge >= 0.3 is 0 Å². The average Bonchev–Trinajstić information content (AvgIpc) is 3.44. The summed E-state index contributed by atoms with van der Waals surface area (Å²) >= 11 is 5.96. The van der Waals surface area contributed by atoms with Gasteiger partial charge in [0.15, 0.2) is 5.11 Å². The standard InChI is InChI=1S/C32H36N6O2S/c1-20-17-24(21(2)37(20)19-22-12-15-33-16-13-22)29-28(26-9-7-8-14-34-26)36-31(41)38(29)23-10-11-25(27(18-23)40-6)35-30(39)32(3,4)5/h7-18,28-29H,19H2,1-6H3,(H,35,39)(H,36,41)/t28-,29+/m0/s1. The summed E-state index contributed by atoms with van der Waals surface area (Å²) < 4.78 is 8.06. The number of nitrogens with one attached hydrogen (secondary N) is 2. The Morgan fingerprint density at radius 2 is 1.83 bits per heavy atom. The minimum absolute atomic E-state index is 0.0864. The fourth-order valence-corrected chi connectivity index (χ4v) is 5.58. The molecule has 0 unspecified atom stereocenters. The zero-order valence-corrected chi connectivity index (χ0v) is 25.1. The first-order chi connectivity index (χ1) is 19.6. The lowest BCUT2D eigenvalue weighted by molar-refractivity contribution is -0.123. The molecule has 5 rings (SSSR count). The maximum Gasteiger partial charge on any atom is 0.229 e. The zero-order valence-electron chi connectivity index (χ0n) is 24.3. The second-order valence-corrected chi connectivity index (χ2v) is 11.7. The maximum atomic E-state index is 12.7. The third-order valence-electron chi connectivity index (χ3n) is 7.51. The first-order valence-electron chi connectivity index (χ1n) is 13.6. The minimum atomic E-state index is -0.538. The van der Waals surface area contributed by atoms with Gasteiger partial charge in [-0.1, -0.05) is 26.8 Å². The third-order valence-corrected chi connectivity index (χ3v) is 7.83. The van der Waals surface area contributed by atoms with Crippen LogP contribution in [0.1, 0.15) is 61.1 Å². The Labute approximate surface area is 246 Å². The minimum Gasteiger partial charge on any atom is -0.494 e. The summed E-state index contributed by atoms with van der Waals surface area (Å²) in [7, 11) is 1.60. The highest BCUT2D eigenvalue weighted by molar-refractivity contribution is 7.80. The van der Waals surface area contributed by atoms with E-state index in [0.29, 0.717) is 16.5 Å². The van der Waals surface area contributed by atoms with Gasteiger partial charge in [0.1, 0.15) is 5.75 Å². The van der Waals surface area contributed by atoms with Gasteiger partial charge in [-0.2, -0.15) is 0 Å². The van der Waals surface area contributed by atoms with Crippen molar-refractivity contribution < 1.29 is 9.53 Å². The molecule has 0 bridgehead atoms. The number of methoxy groups -OCH3 is 1. The molecule has 4 aromatic rings. The number of rotatable bonds is 7. The topological polar surface area (TPSA) is 84.3 Å². The van der Waals surface area contributed by atoms with Crippen molar-refractivity contribution in [3.05, 3.63) is 101 Å². The van der Waals surface area contributed by atoms with Crippen molar-refractivity contribution in [2.45, 2.75) is 53.2 Å². The summed E-state index contributed by atoms with van der Waals surface area (Å²) in [5, 5.41) is 7.14. The van der Waals surface area contributed by atoms with Gasteiger partial charge in [-0.3, -0.25) is 14.8 Å². The Bertz CT molecular complexity index is 1560. The van der Waals surface area contributed by atoms with Crippen molar-refractivity contribution in [3.8, 4) is 5.75 Å². The van der Waals surface area contributed by atoms with Crippen LogP contribution in [-0.2, 0) is 11.3 Å². The monoisotopic (exact) mass is 568 g/mol. The SMILES string of the molecule is COc1cc(N2C(=S)N[C@@H](c3ccccn3)[C@H]2c2cc(C)n(Cc3ccncc3)c2C)ccc1NC(=O)C(C)(C)C. The number of pyridine rings is 2. The number of hydrogen-bond donors (Lipinski definition) is 2. The van der Waals surface area contributed by atoms with E-state index in [2.05, 4.69) is 45.0 Å². The number of ether oxygens (including phenoxy) is 1. The van der Waals surface area contributed by atoms with Crippen molar-refractivity contribution in [3.63, 3.8) is 0 Å². The van der Waals surface area contributed by atoms with Gasteiger partial charge < -0.3 is 24.8 Å². The lowest BCUT2D eigenvalue weighted by Crippen LogP contribution is -2.30. The van der Waals surface area contributed by atoms with Crippen LogP contribution in [0.2, 0.25) is 0 Å². The van der Waals surface area contributed by atoms with E-state index in [1.54, 1.807) is 7.11 Å². The smallest absolute Gasteiger partial charge is 0.229 e. The number of anilines is 2. The van der Waals surface area contributed by atoms with Crippen molar-refractivity contribution in [2.24, 2.45) is 5.41 Å². The number of aryl methyl sites for hydroxylation is 1. The third kappa shape index (κ3) is 5.67. The van der Waals surface area contributed by atoms with E-state index in [-0.39, 0.29) is 18.0 Å². The van der Waals surface area contributed by atoms with E-state index in [1.165, 1.54) is 5.56 Å². The van der Waals surface area contributed by atoms with Gasteiger partial charge in [0.05, 0.1) is 30.6 Å². The first kappa shape index (κ1) is 28.3. The molecule has 0 saturated carbocycles. The fraction of sp³-hybridized carbons (Fsp3) is 0.312. The number of carbonyl (C=O) groups is 1. The lowest BCUT2D eigenvalue weighted by atomic mass is 9.95. The molecule has 1 aromatic carbocycles. The molecule has 212 valence electrons. The molecule has 8 nitrogen and oxygen atoms in total. The maximum absolute atomic E-state index is 12.7. The molecule has 1 saturated heterocycles. The lowest BCUT2D eigenvalue weighted by Gasteiger charge is -2.29. The predicted octanol–water partition coefficient (Wildman–Crippen LogP) is 6.11. The summed E-state index contributed by atoms with van der Waals surface area (Å²) in [4.78, 5) is 23.7. The summed E-state index contributed by atoms with van der Waals surface area (Å²) in [5.74, 6) is 0.475. The van der Waals surface area contributed by atoms with E-state index in [1.807, 2.05) is 87.9 Å². The Kier molecular flexibility index (Phi) is 7.82. The van der Waals surface area contributed by atoms with E-state index < -0.39 is 5.41 Å². The number of hydrogen-bond acceptors (Lipinski definition) is 5. The number of thiocarbonyl (C=S) groups is 1. The molecule has 1 fully saturated rings. The molecule has 1 aliphatic heterocycles. The van der Waals surface area contributed by atoms with Gasteiger partial charge in [0.2, 0.25) is 5.91 Å². The van der Waals surface area contributed by atoms with Gasteiger partial charge in [-0.15, -0.1) is 0 Å². The molecule has 2 N–H and O–H groups in total. The molecule has 0 radical (unpaired) electrons. The van der Waals surface area contributed by atoms with Gasteiger partial charge in [0, 0.05) is 53.7 Å². The average molecular weight is 569 g/mol. The largest absolute Gasteiger partial charge is 0.494 e. The summed E-state index contributed by atoms with van der Waals surface area (Å²) in [6.45, 7) is 10.7. The highest BCUT2D eigenvalue weighted by atomic mass is 32.1. The van der Waals surface area contributed by atoms with Crippen LogP contribution in [0.3, 0.4) is 0 Å². The van der Waals surface area contributed by atoms with Crippen LogP contribution in [0.5, 0.6) is 5.75 Å². The summed E-state index contributed by atoms with van der Waals surface area (Å²) in [6, 6.07) is 17.7. The summed E-state index contributed by atoms with van der Waals surface area (Å²) in [5.41, 5.74) is 6.49. The first-order valence-corrected chi connectivity index (χ1v) is 14.0. The number of carbonyl (C=O) groups excluding carboxylic acids is 1. The highest BCUT2D eigenvalue weighted by Gasteiger charge is 2.42. The van der Waals surface area contributed by atoms with E-state index >= 15 is 0 Å². The van der Waals surface area contributed by atoms with Crippen LogP contribution in [-0.4, -0.2) is 32.7 Å². The molecule has 9 heteroatoms. The Balaban J connectivity index is 1.59. The molecule has 1 aliphatic rings. The molecule has 0 aliphatic carbocycles. The number of nitrogens with zero attached hydrogens (tertiary/aromatic N) is 4. The zero-order chi connectivity index (χ0) is 29.3. The van der Waals surface area contributed by atoms with Crippen LogP contribution < -0.4 is 20.3 Å². The second-order valence-electron chi connectivity index (χ2n) is 11.4. The van der Waals surface area contributed by atoms with E-state index in [4.69, 9.17) is 21.9 Å². The Morgan fingerprint density at radius 1 is 1.07 bits per heavy atom. The van der Waals surface area contributed by atoms with E-state index in [0.717, 1.165) is 34.9 Å². The Morgan fingerprint density at radius 3 is 2.49 bits per heavy atom. The number of aromatic nitrogens is 3. The van der Waals surface area contributed by atoms with Crippen LogP contribution in [0, 0.1) is 19.3 Å². The van der Waals surface area contributed by atoms with Crippen molar-refractivity contribution in [1.82, 2.24) is 19.9 Å². The molecule has 4 heterocycles. The molecular formula is C32H36N6O2S. The van der Waals surface area contributed by atoms with Crippen LogP contribution in [0.25, 0.3) is 0 Å². The number of amides is 1. The summed E-state index contributed by atoms with van der Waals surface area (Å²) in [6.07, 6.45) is 5.45. The molecule has 41 heavy (non-hydrogen) atoms. The van der Waals surface area contributed by atoms with Crippen LogP contribution in [0.15, 0.2) is 73.2 Å². The highest BCUT2D eigenvalue weighted by Crippen LogP contribution is 2.45. The molecule has 1 amide bonds. The molecule has 3 aromatic heterocycles. The molecular weight excluding hydrogens is 532 g/mol. The quantitative estimate of drug-likeness (QED) is 0.260. The van der Waals surface area contributed by atoms with Crippen LogP contribution in [0.4, 0.5) is 11.4 Å².